The number of ether oxygens (including phenoxy) is 1. The molecule has 1 rings (SSSR count). The predicted molar refractivity (Wildman–Crippen MR) is 53.6 cm³/mol. The summed E-state index contributed by atoms with van der Waals surface area (Å²) < 4.78 is 5.03. The summed E-state index contributed by atoms with van der Waals surface area (Å²) in [6, 6.07) is 6.94. The van der Waals surface area contributed by atoms with E-state index in [9.17, 15) is 0 Å². The molecule has 0 spiro atoms. The lowest BCUT2D eigenvalue weighted by Gasteiger charge is -2.06. The molecule has 0 amide bonds. The summed E-state index contributed by atoms with van der Waals surface area (Å²) >= 11 is 4.81. The molecule has 66 valence electrons. The maximum Gasteiger partial charge on any atom is 0.130 e. The molecule has 0 aliphatic rings. The van der Waals surface area contributed by atoms with E-state index in [2.05, 4.69) is 0 Å². The summed E-state index contributed by atoms with van der Waals surface area (Å²) in [5, 5.41) is 8.62. The first kappa shape index (κ1) is 9.49. The molecule has 13 heavy (non-hydrogen) atoms. The quantitative estimate of drug-likeness (QED) is 0.715. The largest absolute Gasteiger partial charge is 0.496 e. The van der Waals surface area contributed by atoms with Gasteiger partial charge in [0.25, 0.3) is 0 Å². The van der Waals surface area contributed by atoms with Gasteiger partial charge in [0.15, 0.2) is 0 Å². The Morgan fingerprint density at radius 3 is 2.77 bits per heavy atom. The van der Waals surface area contributed by atoms with Crippen LogP contribution in [0.1, 0.15) is 11.1 Å². The number of methoxy groups -OCH3 is 1. The van der Waals surface area contributed by atoms with Crippen LogP contribution < -0.4 is 10.5 Å². The van der Waals surface area contributed by atoms with E-state index in [0.717, 1.165) is 0 Å². The molecule has 0 saturated carbocycles. The van der Waals surface area contributed by atoms with Crippen LogP contribution in [0.2, 0.25) is 0 Å². The van der Waals surface area contributed by atoms with Crippen LogP contribution in [-0.2, 0) is 0 Å². The van der Waals surface area contributed by atoms with E-state index in [-0.39, 0.29) is 4.99 Å². The number of thiocarbonyl (C=S) groups is 1. The first-order valence-corrected chi connectivity index (χ1v) is 3.98. The number of nitrogens with two attached hydrogens (primary N) is 1. The Morgan fingerprint density at radius 1 is 1.62 bits per heavy atom. The molecule has 2 N–H and O–H groups in total. The zero-order chi connectivity index (χ0) is 9.84. The second-order valence-corrected chi connectivity index (χ2v) is 2.83. The highest BCUT2D eigenvalue weighted by atomic mass is 32.1. The molecular formula is C9H8N2OS. The van der Waals surface area contributed by atoms with Crippen molar-refractivity contribution < 1.29 is 4.74 Å². The third-order valence-electron chi connectivity index (χ3n) is 1.60. The molecule has 0 saturated heterocycles. The monoisotopic (exact) mass is 192 g/mol. The minimum atomic E-state index is 0.265. The van der Waals surface area contributed by atoms with Crippen LogP contribution in [0.25, 0.3) is 0 Å². The molecule has 0 aliphatic carbocycles. The van der Waals surface area contributed by atoms with Gasteiger partial charge in [0.2, 0.25) is 0 Å². The van der Waals surface area contributed by atoms with Crippen molar-refractivity contribution in [3.05, 3.63) is 29.3 Å². The fourth-order valence-electron chi connectivity index (χ4n) is 0.964. The standard InChI is InChI=1S/C9H8N2OS/c1-12-8-4-6(5-10)2-3-7(8)9(11)13/h2-4H,1H3,(H2,11,13). The minimum Gasteiger partial charge on any atom is -0.496 e. The Bertz CT molecular complexity index is 382. The van der Waals surface area contributed by atoms with Gasteiger partial charge in [-0.3, -0.25) is 0 Å². The highest BCUT2D eigenvalue weighted by Crippen LogP contribution is 2.19. The Kier molecular flexibility index (Phi) is 2.83. The number of rotatable bonds is 2. The average Bonchev–Trinajstić information content (AvgIpc) is 2.16. The van der Waals surface area contributed by atoms with E-state index in [1.165, 1.54) is 7.11 Å². The SMILES string of the molecule is COc1cc(C#N)ccc1C(N)=S. The van der Waals surface area contributed by atoms with E-state index in [1.54, 1.807) is 18.2 Å². The molecule has 0 unspecified atom stereocenters. The van der Waals surface area contributed by atoms with Crippen molar-refractivity contribution in [1.29, 1.82) is 5.26 Å². The zero-order valence-electron chi connectivity index (χ0n) is 7.07. The number of hydrogen-bond donors (Lipinski definition) is 1. The fourth-order valence-corrected chi connectivity index (χ4v) is 1.13. The highest BCUT2D eigenvalue weighted by molar-refractivity contribution is 7.80. The second-order valence-electron chi connectivity index (χ2n) is 2.39. The van der Waals surface area contributed by atoms with Crippen LogP contribution in [0.3, 0.4) is 0 Å². The number of nitrogens with zero attached hydrogens (tertiary/aromatic N) is 1. The maximum atomic E-state index is 8.62. The number of hydrogen-bond acceptors (Lipinski definition) is 3. The molecule has 1 aromatic carbocycles. The van der Waals surface area contributed by atoms with Crippen LogP contribution in [0.15, 0.2) is 18.2 Å². The Balaban J connectivity index is 3.25. The van der Waals surface area contributed by atoms with E-state index < -0.39 is 0 Å². The maximum absolute atomic E-state index is 8.62. The van der Waals surface area contributed by atoms with Crippen molar-refractivity contribution in [2.75, 3.05) is 7.11 Å². The summed E-state index contributed by atoms with van der Waals surface area (Å²) in [5.74, 6) is 0.534. The van der Waals surface area contributed by atoms with Crippen LogP contribution in [-0.4, -0.2) is 12.1 Å². The van der Waals surface area contributed by atoms with Crippen LogP contribution in [0, 0.1) is 11.3 Å². The predicted octanol–water partition coefficient (Wildman–Crippen LogP) is 1.20. The summed E-state index contributed by atoms with van der Waals surface area (Å²) in [4.78, 5) is 0.265. The van der Waals surface area contributed by atoms with Crippen molar-refractivity contribution in [3.63, 3.8) is 0 Å². The summed E-state index contributed by atoms with van der Waals surface area (Å²) in [7, 11) is 1.51. The molecule has 0 heterocycles. The Hall–Kier alpha value is -1.60. The van der Waals surface area contributed by atoms with Crippen molar-refractivity contribution in [2.24, 2.45) is 5.73 Å². The van der Waals surface area contributed by atoms with Gasteiger partial charge in [-0.1, -0.05) is 12.2 Å². The molecule has 0 aromatic heterocycles. The Morgan fingerprint density at radius 2 is 2.31 bits per heavy atom. The molecule has 0 atom stereocenters. The average molecular weight is 192 g/mol. The van der Waals surface area contributed by atoms with Gasteiger partial charge in [-0.15, -0.1) is 0 Å². The molecule has 1 aromatic rings. The lowest BCUT2D eigenvalue weighted by Crippen LogP contribution is -2.10. The van der Waals surface area contributed by atoms with Gasteiger partial charge in [0.05, 0.1) is 24.3 Å². The molecule has 0 radical (unpaired) electrons. The summed E-state index contributed by atoms with van der Waals surface area (Å²) in [5.41, 5.74) is 6.62. The lowest BCUT2D eigenvalue weighted by molar-refractivity contribution is 0.414. The second kappa shape index (κ2) is 3.87. The number of benzene rings is 1. The van der Waals surface area contributed by atoms with E-state index in [1.807, 2.05) is 6.07 Å². The molecular weight excluding hydrogens is 184 g/mol. The lowest BCUT2D eigenvalue weighted by atomic mass is 10.1. The smallest absolute Gasteiger partial charge is 0.130 e. The van der Waals surface area contributed by atoms with E-state index in [0.29, 0.717) is 16.9 Å². The van der Waals surface area contributed by atoms with Crippen molar-refractivity contribution in [2.45, 2.75) is 0 Å². The zero-order valence-corrected chi connectivity index (χ0v) is 7.89. The minimum absolute atomic E-state index is 0.265. The van der Waals surface area contributed by atoms with Gasteiger partial charge in [-0.2, -0.15) is 5.26 Å². The van der Waals surface area contributed by atoms with Gasteiger partial charge in [-0.25, -0.2) is 0 Å². The van der Waals surface area contributed by atoms with Crippen molar-refractivity contribution in [1.82, 2.24) is 0 Å². The molecule has 4 heteroatoms. The van der Waals surface area contributed by atoms with Crippen LogP contribution >= 0.6 is 12.2 Å². The summed E-state index contributed by atoms with van der Waals surface area (Å²) in [6.07, 6.45) is 0. The topological polar surface area (TPSA) is 59.0 Å². The molecule has 0 fully saturated rings. The van der Waals surface area contributed by atoms with Gasteiger partial charge in [0.1, 0.15) is 10.7 Å². The van der Waals surface area contributed by atoms with E-state index in [4.69, 9.17) is 28.0 Å². The Labute approximate surface area is 81.7 Å². The third kappa shape index (κ3) is 1.95. The normalized spacial score (nSPS) is 8.92. The van der Waals surface area contributed by atoms with Crippen molar-refractivity contribution in [3.8, 4) is 11.8 Å². The molecule has 0 bridgehead atoms. The van der Waals surface area contributed by atoms with Gasteiger partial charge in [-0.05, 0) is 18.2 Å². The van der Waals surface area contributed by atoms with Gasteiger partial charge in [0, 0.05) is 0 Å². The molecule has 3 nitrogen and oxygen atoms in total. The van der Waals surface area contributed by atoms with Crippen LogP contribution in [0.4, 0.5) is 0 Å². The fraction of sp³-hybridized carbons (Fsp3) is 0.111. The summed E-state index contributed by atoms with van der Waals surface area (Å²) in [6.45, 7) is 0. The number of nitriles is 1. The molecule has 0 aliphatic heterocycles. The van der Waals surface area contributed by atoms with Crippen LogP contribution in [0.5, 0.6) is 5.75 Å². The van der Waals surface area contributed by atoms with Crippen molar-refractivity contribution >= 4 is 17.2 Å². The van der Waals surface area contributed by atoms with Gasteiger partial charge >= 0.3 is 0 Å². The third-order valence-corrected chi connectivity index (χ3v) is 1.82. The highest BCUT2D eigenvalue weighted by Gasteiger charge is 2.05. The first-order chi connectivity index (χ1) is 6.19. The van der Waals surface area contributed by atoms with Gasteiger partial charge < -0.3 is 10.5 Å². The van der Waals surface area contributed by atoms with E-state index >= 15 is 0 Å². The first-order valence-electron chi connectivity index (χ1n) is 3.57.